The molecule has 3 rings (SSSR count). The third kappa shape index (κ3) is 4.58. The second-order valence-electron chi connectivity index (χ2n) is 6.65. The summed E-state index contributed by atoms with van der Waals surface area (Å²) in [5.74, 6) is 0.151. The van der Waals surface area contributed by atoms with Gasteiger partial charge in [0.2, 0.25) is 0 Å². The van der Waals surface area contributed by atoms with Crippen LogP contribution in [0, 0.1) is 11.3 Å². The van der Waals surface area contributed by atoms with Crippen LogP contribution in [-0.4, -0.2) is 37.6 Å². The first kappa shape index (κ1) is 21.3. The third-order valence-corrected chi connectivity index (χ3v) is 4.83. The molecule has 9 nitrogen and oxygen atoms in total. The minimum absolute atomic E-state index is 0.162. The maximum atomic E-state index is 13.1. The van der Waals surface area contributed by atoms with Crippen molar-refractivity contribution in [2.45, 2.75) is 19.6 Å². The van der Waals surface area contributed by atoms with E-state index in [0.29, 0.717) is 27.1 Å². The van der Waals surface area contributed by atoms with Crippen LogP contribution >= 0.6 is 15.9 Å². The van der Waals surface area contributed by atoms with Crippen molar-refractivity contribution in [3.8, 4) is 11.9 Å². The van der Waals surface area contributed by atoms with Gasteiger partial charge in [0.25, 0.3) is 11.8 Å². The van der Waals surface area contributed by atoms with E-state index in [2.05, 4.69) is 37.1 Å². The normalized spacial score (nSPS) is 11.6. The molecule has 1 atom stereocenters. The standard InChI is InChI=1S/C20H20BrN7O2/c1-12(30-19-18(23)24-10-17(21)25-19)15-6-4-5-7-16(15)20(29)27(2)11-13-8-14(9-22)28(3)26-13/h4-8,10,12H,11H2,1-3H3,(H2,23,24). The van der Waals surface area contributed by atoms with E-state index < -0.39 is 6.10 Å². The molecule has 30 heavy (non-hydrogen) atoms. The number of halogens is 1. The van der Waals surface area contributed by atoms with Crippen molar-refractivity contribution in [2.24, 2.45) is 7.05 Å². The van der Waals surface area contributed by atoms with Crippen molar-refractivity contribution in [1.29, 1.82) is 5.26 Å². The lowest BCUT2D eigenvalue weighted by molar-refractivity contribution is 0.0778. The number of hydrogen-bond donors (Lipinski definition) is 1. The number of rotatable bonds is 6. The maximum Gasteiger partial charge on any atom is 0.258 e. The molecule has 0 radical (unpaired) electrons. The van der Waals surface area contributed by atoms with E-state index in [4.69, 9.17) is 15.7 Å². The smallest absolute Gasteiger partial charge is 0.258 e. The number of hydrogen-bond acceptors (Lipinski definition) is 7. The van der Waals surface area contributed by atoms with Crippen LogP contribution in [-0.2, 0) is 13.6 Å². The largest absolute Gasteiger partial charge is 0.467 e. The minimum atomic E-state index is -0.496. The number of carbonyl (C=O) groups excluding carboxylic acids is 1. The summed E-state index contributed by atoms with van der Waals surface area (Å²) in [4.78, 5) is 22.9. The molecule has 2 aromatic heterocycles. The first-order valence-electron chi connectivity index (χ1n) is 9.02. The Morgan fingerprint density at radius 1 is 1.43 bits per heavy atom. The van der Waals surface area contributed by atoms with Crippen LogP contribution in [0.2, 0.25) is 0 Å². The average molecular weight is 470 g/mol. The molecule has 0 fully saturated rings. The maximum absolute atomic E-state index is 13.1. The SMILES string of the molecule is CC(Oc1nc(Br)cnc1N)c1ccccc1C(=O)N(C)Cc1cc(C#N)n(C)n1. The fourth-order valence-electron chi connectivity index (χ4n) is 2.95. The zero-order chi connectivity index (χ0) is 21.8. The molecular weight excluding hydrogens is 450 g/mol. The molecule has 0 saturated carbocycles. The molecule has 2 N–H and O–H groups in total. The second-order valence-corrected chi connectivity index (χ2v) is 7.46. The zero-order valence-electron chi connectivity index (χ0n) is 16.7. The van der Waals surface area contributed by atoms with E-state index >= 15 is 0 Å². The van der Waals surface area contributed by atoms with E-state index in [1.807, 2.05) is 19.1 Å². The van der Waals surface area contributed by atoms with Crippen LogP contribution in [0.15, 0.2) is 41.1 Å². The van der Waals surface area contributed by atoms with E-state index in [9.17, 15) is 4.79 Å². The van der Waals surface area contributed by atoms with Crippen molar-refractivity contribution < 1.29 is 9.53 Å². The average Bonchev–Trinajstić information content (AvgIpc) is 3.09. The Labute approximate surface area is 182 Å². The zero-order valence-corrected chi connectivity index (χ0v) is 18.3. The van der Waals surface area contributed by atoms with Crippen LogP contribution in [0.5, 0.6) is 5.88 Å². The van der Waals surface area contributed by atoms with Gasteiger partial charge >= 0.3 is 0 Å². The van der Waals surface area contributed by atoms with Gasteiger partial charge in [-0.3, -0.25) is 9.48 Å². The van der Waals surface area contributed by atoms with Crippen molar-refractivity contribution in [3.05, 3.63) is 63.6 Å². The Bertz CT molecular complexity index is 1120. The van der Waals surface area contributed by atoms with Gasteiger partial charge in [0.15, 0.2) is 5.82 Å². The summed E-state index contributed by atoms with van der Waals surface area (Å²) >= 11 is 3.25. The fourth-order valence-corrected chi connectivity index (χ4v) is 3.22. The summed E-state index contributed by atoms with van der Waals surface area (Å²) < 4.78 is 7.87. The lowest BCUT2D eigenvalue weighted by Gasteiger charge is -2.21. The highest BCUT2D eigenvalue weighted by Crippen LogP contribution is 2.27. The molecule has 0 spiro atoms. The van der Waals surface area contributed by atoms with Gasteiger partial charge in [0.05, 0.1) is 18.4 Å². The number of aromatic nitrogens is 4. The van der Waals surface area contributed by atoms with E-state index in [0.717, 1.165) is 0 Å². The van der Waals surface area contributed by atoms with Crippen LogP contribution in [0.4, 0.5) is 5.82 Å². The number of aryl methyl sites for hydroxylation is 1. The van der Waals surface area contributed by atoms with Gasteiger partial charge < -0.3 is 15.4 Å². The molecule has 0 aliphatic rings. The monoisotopic (exact) mass is 469 g/mol. The van der Waals surface area contributed by atoms with Gasteiger partial charge in [-0.25, -0.2) is 9.97 Å². The summed E-state index contributed by atoms with van der Waals surface area (Å²) in [5, 5.41) is 13.4. The third-order valence-electron chi connectivity index (χ3n) is 4.45. The highest BCUT2D eigenvalue weighted by molar-refractivity contribution is 9.10. The summed E-state index contributed by atoms with van der Waals surface area (Å²) in [6.07, 6.45) is 0.985. The Morgan fingerprint density at radius 3 is 2.87 bits per heavy atom. The molecule has 1 amide bonds. The quantitative estimate of drug-likeness (QED) is 0.588. The number of amides is 1. The summed E-state index contributed by atoms with van der Waals surface area (Å²) in [5.41, 5.74) is 8.09. The van der Waals surface area contributed by atoms with Gasteiger partial charge in [0.1, 0.15) is 22.5 Å². The van der Waals surface area contributed by atoms with Crippen molar-refractivity contribution >= 4 is 27.7 Å². The number of benzene rings is 1. The predicted octanol–water partition coefficient (Wildman–Crippen LogP) is 2.84. The number of carbonyl (C=O) groups is 1. The van der Waals surface area contributed by atoms with Crippen molar-refractivity contribution in [1.82, 2.24) is 24.6 Å². The molecule has 10 heteroatoms. The number of ether oxygens (including phenoxy) is 1. The summed E-state index contributed by atoms with van der Waals surface area (Å²) in [6, 6.07) is 10.9. The van der Waals surface area contributed by atoms with Crippen LogP contribution < -0.4 is 10.5 Å². The molecule has 0 aliphatic heterocycles. The highest BCUT2D eigenvalue weighted by Gasteiger charge is 2.22. The van der Waals surface area contributed by atoms with Crippen molar-refractivity contribution in [3.63, 3.8) is 0 Å². The van der Waals surface area contributed by atoms with Crippen LogP contribution in [0.1, 0.15) is 40.3 Å². The van der Waals surface area contributed by atoms with E-state index in [-0.39, 0.29) is 24.1 Å². The molecule has 1 unspecified atom stereocenters. The van der Waals surface area contributed by atoms with Gasteiger partial charge in [0, 0.05) is 25.2 Å². The molecule has 2 heterocycles. The first-order chi connectivity index (χ1) is 14.3. The predicted molar refractivity (Wildman–Crippen MR) is 113 cm³/mol. The van der Waals surface area contributed by atoms with Gasteiger partial charge in [-0.2, -0.15) is 10.4 Å². The van der Waals surface area contributed by atoms with Gasteiger partial charge in [-0.1, -0.05) is 18.2 Å². The van der Waals surface area contributed by atoms with E-state index in [1.54, 1.807) is 37.2 Å². The molecule has 0 saturated heterocycles. The molecule has 1 aromatic carbocycles. The van der Waals surface area contributed by atoms with Crippen LogP contribution in [0.25, 0.3) is 0 Å². The van der Waals surface area contributed by atoms with Crippen molar-refractivity contribution in [2.75, 3.05) is 12.8 Å². The van der Waals surface area contributed by atoms with Gasteiger partial charge in [-0.05, 0) is 35.0 Å². The molecule has 0 bridgehead atoms. The van der Waals surface area contributed by atoms with E-state index in [1.165, 1.54) is 10.9 Å². The van der Waals surface area contributed by atoms with Crippen LogP contribution in [0.3, 0.4) is 0 Å². The Morgan fingerprint density at radius 2 is 2.17 bits per heavy atom. The number of anilines is 1. The first-order valence-corrected chi connectivity index (χ1v) is 9.81. The lowest BCUT2D eigenvalue weighted by Crippen LogP contribution is -2.28. The topological polar surface area (TPSA) is 123 Å². The Hall–Kier alpha value is -3.45. The number of nitrogens with zero attached hydrogens (tertiary/aromatic N) is 6. The molecule has 3 aromatic rings. The number of nitriles is 1. The summed E-state index contributed by atoms with van der Waals surface area (Å²) in [7, 11) is 3.37. The molecular formula is C20H20BrN7O2. The fraction of sp³-hybridized carbons (Fsp3) is 0.250. The number of nitrogens with two attached hydrogens (primary N) is 1. The number of nitrogen functional groups attached to an aromatic ring is 1. The Kier molecular flexibility index (Phi) is 6.32. The lowest BCUT2D eigenvalue weighted by atomic mass is 10.0. The minimum Gasteiger partial charge on any atom is -0.467 e. The summed E-state index contributed by atoms with van der Waals surface area (Å²) in [6.45, 7) is 2.08. The van der Waals surface area contributed by atoms with Gasteiger partial charge in [-0.15, -0.1) is 0 Å². The highest BCUT2D eigenvalue weighted by atomic mass is 79.9. The Balaban J connectivity index is 1.81. The molecule has 0 aliphatic carbocycles. The molecule has 154 valence electrons. The second kappa shape index (κ2) is 8.92.